The summed E-state index contributed by atoms with van der Waals surface area (Å²) in [5.74, 6) is -0.751. The molecule has 3 aromatic carbocycles. The lowest BCUT2D eigenvalue weighted by Gasteiger charge is -2.28. The standard InChI is InChI=1S/C24H20FNO3/c1-15-7-9-16(10-8-15)21-22(19-5-3-4-6-20(19)25)26(24(28)23(21)27)17-11-13-18(29-2)14-12-17/h3-14,22,27H,1-2H3/t22-/m0/s1. The Morgan fingerprint density at radius 3 is 2.24 bits per heavy atom. The number of amides is 1. The fraction of sp³-hybridized carbons (Fsp3) is 0.125. The van der Waals surface area contributed by atoms with Crippen LogP contribution in [0, 0.1) is 12.7 Å². The Labute approximate surface area is 168 Å². The predicted octanol–water partition coefficient (Wildman–Crippen LogP) is 5.20. The highest BCUT2D eigenvalue weighted by Gasteiger charge is 2.43. The van der Waals surface area contributed by atoms with Crippen LogP contribution in [0.4, 0.5) is 10.1 Å². The van der Waals surface area contributed by atoms with Crippen LogP contribution in [-0.4, -0.2) is 18.1 Å². The third-order valence-corrected chi connectivity index (χ3v) is 5.12. The molecule has 0 aliphatic carbocycles. The first-order valence-corrected chi connectivity index (χ1v) is 9.23. The number of nitrogens with zero attached hydrogens (tertiary/aromatic N) is 1. The van der Waals surface area contributed by atoms with E-state index in [9.17, 15) is 14.3 Å². The fourth-order valence-corrected chi connectivity index (χ4v) is 3.63. The Morgan fingerprint density at radius 1 is 0.966 bits per heavy atom. The van der Waals surface area contributed by atoms with Crippen molar-refractivity contribution in [3.8, 4) is 5.75 Å². The molecular formula is C24H20FNO3. The van der Waals surface area contributed by atoms with Crippen molar-refractivity contribution in [1.29, 1.82) is 0 Å². The molecular weight excluding hydrogens is 369 g/mol. The first kappa shape index (κ1) is 18.7. The summed E-state index contributed by atoms with van der Waals surface area (Å²) >= 11 is 0. The van der Waals surface area contributed by atoms with Gasteiger partial charge in [0.1, 0.15) is 11.6 Å². The fourth-order valence-electron chi connectivity index (χ4n) is 3.63. The number of aryl methyl sites for hydroxylation is 1. The minimum absolute atomic E-state index is 0.316. The van der Waals surface area contributed by atoms with Gasteiger partial charge in [-0.3, -0.25) is 9.69 Å². The van der Waals surface area contributed by atoms with Crippen molar-refractivity contribution in [2.45, 2.75) is 13.0 Å². The number of halogens is 1. The van der Waals surface area contributed by atoms with Crippen LogP contribution in [0.15, 0.2) is 78.6 Å². The highest BCUT2D eigenvalue weighted by atomic mass is 19.1. The number of carbonyl (C=O) groups excluding carboxylic acids is 1. The third kappa shape index (κ3) is 3.25. The molecule has 4 rings (SSSR count). The van der Waals surface area contributed by atoms with Gasteiger partial charge in [-0.15, -0.1) is 0 Å². The molecule has 1 atom stereocenters. The van der Waals surface area contributed by atoms with Gasteiger partial charge in [0.05, 0.1) is 13.2 Å². The topological polar surface area (TPSA) is 49.8 Å². The van der Waals surface area contributed by atoms with Gasteiger partial charge in [-0.05, 0) is 42.8 Å². The van der Waals surface area contributed by atoms with E-state index in [0.29, 0.717) is 28.1 Å². The molecule has 5 heteroatoms. The van der Waals surface area contributed by atoms with Crippen LogP contribution in [-0.2, 0) is 4.79 Å². The molecule has 1 N–H and O–H groups in total. The summed E-state index contributed by atoms with van der Waals surface area (Å²) in [6.45, 7) is 1.95. The number of carbonyl (C=O) groups is 1. The molecule has 0 radical (unpaired) electrons. The molecule has 0 fully saturated rings. The Kier molecular flexibility index (Phi) is 4.80. The summed E-state index contributed by atoms with van der Waals surface area (Å²) in [4.78, 5) is 14.5. The van der Waals surface area contributed by atoms with Gasteiger partial charge in [0.2, 0.25) is 0 Å². The average molecular weight is 389 g/mol. The zero-order valence-electron chi connectivity index (χ0n) is 16.1. The van der Waals surface area contributed by atoms with E-state index < -0.39 is 17.8 Å². The van der Waals surface area contributed by atoms with Crippen molar-refractivity contribution in [3.63, 3.8) is 0 Å². The smallest absolute Gasteiger partial charge is 0.294 e. The normalized spacial score (nSPS) is 16.4. The van der Waals surface area contributed by atoms with Crippen molar-refractivity contribution < 1.29 is 19.0 Å². The minimum Gasteiger partial charge on any atom is -0.503 e. The van der Waals surface area contributed by atoms with E-state index in [1.807, 2.05) is 31.2 Å². The Bertz CT molecular complexity index is 1090. The number of anilines is 1. The van der Waals surface area contributed by atoms with Crippen molar-refractivity contribution in [2.75, 3.05) is 12.0 Å². The van der Waals surface area contributed by atoms with Crippen LogP contribution in [0.25, 0.3) is 5.57 Å². The van der Waals surface area contributed by atoms with Crippen molar-refractivity contribution >= 4 is 17.2 Å². The van der Waals surface area contributed by atoms with Crippen LogP contribution in [0.5, 0.6) is 5.75 Å². The SMILES string of the molecule is COc1ccc(N2C(=O)C(O)=C(c3ccc(C)cc3)[C@@H]2c2ccccc2F)cc1. The van der Waals surface area contributed by atoms with Crippen LogP contribution >= 0.6 is 0 Å². The van der Waals surface area contributed by atoms with Gasteiger partial charge in [0.15, 0.2) is 5.76 Å². The second-order valence-electron chi connectivity index (χ2n) is 6.93. The molecule has 0 spiro atoms. The van der Waals surface area contributed by atoms with Crippen LogP contribution < -0.4 is 9.64 Å². The van der Waals surface area contributed by atoms with Gasteiger partial charge < -0.3 is 9.84 Å². The van der Waals surface area contributed by atoms with E-state index in [1.54, 1.807) is 49.6 Å². The maximum atomic E-state index is 14.8. The lowest BCUT2D eigenvalue weighted by molar-refractivity contribution is -0.117. The van der Waals surface area contributed by atoms with Crippen molar-refractivity contribution in [1.82, 2.24) is 0 Å². The van der Waals surface area contributed by atoms with Gasteiger partial charge in [0.25, 0.3) is 5.91 Å². The number of hydrogen-bond acceptors (Lipinski definition) is 3. The minimum atomic E-state index is -0.792. The Hall–Kier alpha value is -3.60. The molecule has 1 heterocycles. The van der Waals surface area contributed by atoms with Gasteiger partial charge in [-0.25, -0.2) is 4.39 Å². The Morgan fingerprint density at radius 2 is 1.62 bits per heavy atom. The molecule has 3 aromatic rings. The van der Waals surface area contributed by atoms with Gasteiger partial charge in [-0.1, -0.05) is 48.0 Å². The summed E-state index contributed by atoms with van der Waals surface area (Å²) in [7, 11) is 1.56. The summed E-state index contributed by atoms with van der Waals surface area (Å²) < 4.78 is 20.0. The second kappa shape index (κ2) is 7.43. The zero-order chi connectivity index (χ0) is 20.5. The third-order valence-electron chi connectivity index (χ3n) is 5.12. The number of aliphatic hydroxyl groups excluding tert-OH is 1. The van der Waals surface area contributed by atoms with Crippen molar-refractivity contribution in [2.24, 2.45) is 0 Å². The molecule has 0 aromatic heterocycles. The lowest BCUT2D eigenvalue weighted by Crippen LogP contribution is -2.30. The monoisotopic (exact) mass is 389 g/mol. The molecule has 0 bridgehead atoms. The number of hydrogen-bond donors (Lipinski definition) is 1. The van der Waals surface area contributed by atoms with Gasteiger partial charge >= 0.3 is 0 Å². The highest BCUT2D eigenvalue weighted by Crippen LogP contribution is 2.46. The first-order valence-electron chi connectivity index (χ1n) is 9.23. The van der Waals surface area contributed by atoms with E-state index in [1.165, 1.54) is 11.0 Å². The Balaban J connectivity index is 1.90. The van der Waals surface area contributed by atoms with E-state index in [4.69, 9.17) is 4.74 Å². The highest BCUT2D eigenvalue weighted by molar-refractivity contribution is 6.16. The summed E-state index contributed by atoms with van der Waals surface area (Å²) in [5.41, 5.74) is 2.96. The first-order chi connectivity index (χ1) is 14.0. The van der Waals surface area contributed by atoms with Crippen LogP contribution in [0.3, 0.4) is 0 Å². The summed E-state index contributed by atoms with van der Waals surface area (Å²) in [6, 6.07) is 19.9. The molecule has 0 saturated heterocycles. The molecule has 1 aliphatic heterocycles. The zero-order valence-corrected chi connectivity index (χ0v) is 16.1. The number of ether oxygens (including phenoxy) is 1. The molecule has 0 saturated carbocycles. The van der Waals surface area contributed by atoms with E-state index >= 15 is 0 Å². The maximum Gasteiger partial charge on any atom is 0.294 e. The van der Waals surface area contributed by atoms with Gasteiger partial charge in [-0.2, -0.15) is 0 Å². The number of rotatable bonds is 4. The average Bonchev–Trinajstić information content (AvgIpc) is 3.00. The maximum absolute atomic E-state index is 14.8. The molecule has 0 unspecified atom stereocenters. The van der Waals surface area contributed by atoms with Crippen molar-refractivity contribution in [3.05, 3.63) is 101 Å². The quantitative estimate of drug-likeness (QED) is 0.667. The van der Waals surface area contributed by atoms with Crippen LogP contribution in [0.2, 0.25) is 0 Å². The van der Waals surface area contributed by atoms with Crippen LogP contribution in [0.1, 0.15) is 22.7 Å². The van der Waals surface area contributed by atoms with E-state index in [2.05, 4.69) is 0 Å². The lowest BCUT2D eigenvalue weighted by atomic mass is 9.92. The summed E-state index contributed by atoms with van der Waals surface area (Å²) in [5, 5.41) is 10.8. The molecule has 146 valence electrons. The van der Waals surface area contributed by atoms with Gasteiger partial charge in [0, 0.05) is 16.8 Å². The predicted molar refractivity (Wildman–Crippen MR) is 110 cm³/mol. The number of methoxy groups -OCH3 is 1. The molecule has 4 nitrogen and oxygen atoms in total. The summed E-state index contributed by atoms with van der Waals surface area (Å²) in [6.07, 6.45) is 0. The molecule has 1 amide bonds. The second-order valence-corrected chi connectivity index (χ2v) is 6.93. The number of aliphatic hydroxyl groups is 1. The largest absolute Gasteiger partial charge is 0.503 e. The molecule has 1 aliphatic rings. The van der Waals surface area contributed by atoms with E-state index in [0.717, 1.165) is 5.56 Å². The van der Waals surface area contributed by atoms with E-state index in [-0.39, 0.29) is 5.76 Å². The number of benzene rings is 3. The molecule has 29 heavy (non-hydrogen) atoms.